The normalized spacial score (nSPS) is 21.8. The van der Waals surface area contributed by atoms with Gasteiger partial charge in [-0.05, 0) is 37.3 Å². The number of amides is 2. The molecule has 0 spiro atoms. The predicted molar refractivity (Wildman–Crippen MR) is 98.8 cm³/mol. The Bertz CT molecular complexity index is 739. The number of pyridine rings is 1. The molecule has 0 saturated carbocycles. The number of urea groups is 1. The van der Waals surface area contributed by atoms with Crippen molar-refractivity contribution in [2.75, 3.05) is 38.0 Å². The lowest BCUT2D eigenvalue weighted by Gasteiger charge is -2.48. The van der Waals surface area contributed by atoms with Gasteiger partial charge in [-0.1, -0.05) is 6.07 Å². The van der Waals surface area contributed by atoms with Gasteiger partial charge in [0, 0.05) is 31.2 Å². The van der Waals surface area contributed by atoms with Gasteiger partial charge >= 0.3 is 12.0 Å². The van der Waals surface area contributed by atoms with Gasteiger partial charge in [0.2, 0.25) is 0 Å². The summed E-state index contributed by atoms with van der Waals surface area (Å²) in [7, 11) is 0. The maximum absolute atomic E-state index is 12.6. The van der Waals surface area contributed by atoms with Gasteiger partial charge in [-0.3, -0.25) is 4.79 Å². The molecule has 2 saturated heterocycles. The van der Waals surface area contributed by atoms with Crippen LogP contribution in [0.5, 0.6) is 0 Å². The lowest BCUT2D eigenvalue weighted by molar-refractivity contribution is -0.150. The zero-order chi connectivity index (χ0) is 19.0. The fourth-order valence-corrected chi connectivity index (χ4v) is 4.33. The summed E-state index contributed by atoms with van der Waals surface area (Å²) in [4.78, 5) is 31.5. The fourth-order valence-electron chi connectivity index (χ4n) is 4.33. The van der Waals surface area contributed by atoms with Crippen molar-refractivity contribution in [1.82, 2.24) is 14.8 Å². The molecule has 0 unspecified atom stereocenters. The highest BCUT2D eigenvalue weighted by Gasteiger charge is 2.46. The van der Waals surface area contributed by atoms with Gasteiger partial charge in [0.15, 0.2) is 0 Å². The highest BCUT2D eigenvalue weighted by atomic mass is 16.4. The zero-order valence-corrected chi connectivity index (χ0v) is 15.4. The van der Waals surface area contributed by atoms with E-state index in [2.05, 4.69) is 17.4 Å². The summed E-state index contributed by atoms with van der Waals surface area (Å²) in [5.74, 6) is 0.316. The number of carbonyl (C=O) groups excluding carboxylic acids is 1. The number of rotatable bonds is 3. The van der Waals surface area contributed by atoms with Crippen LogP contribution in [-0.4, -0.2) is 75.3 Å². The number of aromatic nitrogens is 1. The fraction of sp³-hybridized carbons (Fsp3) is 0.632. The van der Waals surface area contributed by atoms with Crippen LogP contribution in [0.3, 0.4) is 0 Å². The Balaban J connectivity index is 1.30. The van der Waals surface area contributed by atoms with Gasteiger partial charge in [0.25, 0.3) is 0 Å². The van der Waals surface area contributed by atoms with Gasteiger partial charge in [0.05, 0.1) is 19.5 Å². The highest BCUT2D eigenvalue weighted by Crippen LogP contribution is 2.32. The lowest BCUT2D eigenvalue weighted by Crippen LogP contribution is -2.66. The summed E-state index contributed by atoms with van der Waals surface area (Å²) in [6.07, 6.45) is 3.63. The number of aryl methyl sites for hydroxylation is 1. The Morgan fingerprint density at radius 1 is 1.22 bits per heavy atom. The molecule has 0 radical (unpaired) electrons. The van der Waals surface area contributed by atoms with E-state index in [9.17, 15) is 14.7 Å². The third kappa shape index (κ3) is 3.71. The van der Waals surface area contributed by atoms with E-state index in [4.69, 9.17) is 10.1 Å². The molecule has 0 bridgehead atoms. The SMILES string of the molecule is O=C(O)CC1(O)CN(C(=O)N2CCC(c3ccc4c(n3)NCCC4)CC2)C1. The van der Waals surface area contributed by atoms with E-state index in [1.165, 1.54) is 10.5 Å². The van der Waals surface area contributed by atoms with Crippen LogP contribution in [-0.2, 0) is 11.2 Å². The lowest BCUT2D eigenvalue weighted by atomic mass is 9.90. The van der Waals surface area contributed by atoms with E-state index in [0.717, 1.165) is 43.7 Å². The van der Waals surface area contributed by atoms with Gasteiger partial charge in [-0.25, -0.2) is 9.78 Å². The molecule has 8 heteroatoms. The number of β-amino-alcohol motifs (C(OH)–C–C–N with tert-alkyl or cyclic N) is 1. The molecule has 0 aliphatic carbocycles. The maximum atomic E-state index is 12.6. The van der Waals surface area contributed by atoms with Crippen LogP contribution in [0.4, 0.5) is 10.6 Å². The molecule has 3 N–H and O–H groups in total. The van der Waals surface area contributed by atoms with E-state index < -0.39 is 11.6 Å². The Morgan fingerprint density at radius 3 is 2.67 bits per heavy atom. The quantitative estimate of drug-likeness (QED) is 0.736. The Hall–Kier alpha value is -2.35. The zero-order valence-electron chi connectivity index (χ0n) is 15.4. The van der Waals surface area contributed by atoms with Crippen molar-refractivity contribution >= 4 is 17.8 Å². The van der Waals surface area contributed by atoms with E-state index in [1.807, 2.05) is 0 Å². The third-order valence-corrected chi connectivity index (χ3v) is 5.82. The minimum Gasteiger partial charge on any atom is -0.481 e. The number of aliphatic carboxylic acids is 1. The summed E-state index contributed by atoms with van der Waals surface area (Å²) in [5, 5.41) is 22.3. The van der Waals surface area contributed by atoms with Crippen molar-refractivity contribution in [3.05, 3.63) is 23.4 Å². The van der Waals surface area contributed by atoms with Gasteiger partial charge in [0.1, 0.15) is 11.4 Å². The van der Waals surface area contributed by atoms with E-state index in [0.29, 0.717) is 19.0 Å². The van der Waals surface area contributed by atoms with Crippen molar-refractivity contribution in [3.63, 3.8) is 0 Å². The molecule has 2 fully saturated rings. The summed E-state index contributed by atoms with van der Waals surface area (Å²) >= 11 is 0. The van der Waals surface area contributed by atoms with Crippen molar-refractivity contribution in [2.24, 2.45) is 0 Å². The van der Waals surface area contributed by atoms with Gasteiger partial charge in [-0.15, -0.1) is 0 Å². The highest BCUT2D eigenvalue weighted by molar-refractivity contribution is 5.77. The molecule has 4 heterocycles. The van der Waals surface area contributed by atoms with E-state index in [1.54, 1.807) is 4.90 Å². The molecule has 0 atom stereocenters. The van der Waals surface area contributed by atoms with Crippen LogP contribution in [0, 0.1) is 0 Å². The Kier molecular flexibility index (Phi) is 4.67. The van der Waals surface area contributed by atoms with Crippen molar-refractivity contribution in [3.8, 4) is 0 Å². The van der Waals surface area contributed by atoms with Crippen LogP contribution < -0.4 is 5.32 Å². The number of aliphatic hydroxyl groups is 1. The number of carboxylic acids is 1. The number of carboxylic acid groups (broad SMARTS) is 1. The average Bonchev–Trinajstić information content (AvgIpc) is 2.64. The molecule has 1 aromatic heterocycles. The van der Waals surface area contributed by atoms with Crippen molar-refractivity contribution in [1.29, 1.82) is 0 Å². The molecule has 4 rings (SSSR count). The molecule has 146 valence electrons. The molecular weight excluding hydrogens is 348 g/mol. The average molecular weight is 374 g/mol. The summed E-state index contributed by atoms with van der Waals surface area (Å²) in [6.45, 7) is 2.47. The number of carbonyl (C=O) groups is 2. The van der Waals surface area contributed by atoms with Crippen LogP contribution in [0.25, 0.3) is 0 Å². The topological polar surface area (TPSA) is 106 Å². The number of nitrogens with zero attached hydrogens (tertiary/aromatic N) is 3. The van der Waals surface area contributed by atoms with Crippen LogP contribution >= 0.6 is 0 Å². The van der Waals surface area contributed by atoms with Crippen molar-refractivity contribution in [2.45, 2.75) is 43.6 Å². The second-order valence-electron chi connectivity index (χ2n) is 7.97. The maximum Gasteiger partial charge on any atom is 0.320 e. The third-order valence-electron chi connectivity index (χ3n) is 5.82. The first-order valence-corrected chi connectivity index (χ1v) is 9.65. The van der Waals surface area contributed by atoms with E-state index >= 15 is 0 Å². The molecular formula is C19H26N4O4. The number of piperidine rings is 1. The summed E-state index contributed by atoms with van der Waals surface area (Å²) in [5.41, 5.74) is 1.10. The first-order valence-electron chi connectivity index (χ1n) is 9.65. The number of anilines is 1. The molecule has 2 amide bonds. The molecule has 8 nitrogen and oxygen atoms in total. The van der Waals surface area contributed by atoms with Crippen LogP contribution in [0.1, 0.15) is 42.9 Å². The molecule has 3 aliphatic rings. The Labute approximate surface area is 158 Å². The number of nitrogens with one attached hydrogen (secondary N) is 1. The second kappa shape index (κ2) is 6.99. The first-order chi connectivity index (χ1) is 12.9. The summed E-state index contributed by atoms with van der Waals surface area (Å²) < 4.78 is 0. The molecule has 0 aromatic carbocycles. The standard InChI is InChI=1S/C19H26N4O4/c24-16(25)10-19(27)11-23(12-19)18(26)22-8-5-13(6-9-22)15-4-3-14-2-1-7-20-17(14)21-15/h3-4,13,27H,1-2,5-12H2,(H,20,21)(H,24,25). The number of fused-ring (bicyclic) bond motifs is 1. The monoisotopic (exact) mass is 374 g/mol. The molecule has 3 aliphatic heterocycles. The minimum atomic E-state index is -1.28. The largest absolute Gasteiger partial charge is 0.481 e. The molecule has 1 aromatic rings. The number of hydrogen-bond acceptors (Lipinski definition) is 5. The van der Waals surface area contributed by atoms with Crippen LogP contribution in [0.2, 0.25) is 0 Å². The van der Waals surface area contributed by atoms with Crippen molar-refractivity contribution < 1.29 is 19.8 Å². The predicted octanol–water partition coefficient (Wildman–Crippen LogP) is 1.26. The van der Waals surface area contributed by atoms with E-state index in [-0.39, 0.29) is 25.5 Å². The molecule has 27 heavy (non-hydrogen) atoms. The minimum absolute atomic E-state index is 0.0934. The van der Waals surface area contributed by atoms with Gasteiger partial charge < -0.3 is 25.3 Å². The van der Waals surface area contributed by atoms with Gasteiger partial charge in [-0.2, -0.15) is 0 Å². The first kappa shape index (κ1) is 18.0. The Morgan fingerprint density at radius 2 is 1.96 bits per heavy atom. The summed E-state index contributed by atoms with van der Waals surface area (Å²) in [6, 6.07) is 4.18. The second-order valence-corrected chi connectivity index (χ2v) is 7.97. The number of hydrogen-bond donors (Lipinski definition) is 3. The van der Waals surface area contributed by atoms with Crippen LogP contribution in [0.15, 0.2) is 12.1 Å². The smallest absolute Gasteiger partial charge is 0.320 e. The number of likely N-dealkylation sites (tertiary alicyclic amines) is 2.